The zero-order valence-electron chi connectivity index (χ0n) is 19.6. The van der Waals surface area contributed by atoms with Gasteiger partial charge in [0.15, 0.2) is 0 Å². The lowest BCUT2D eigenvalue weighted by Gasteiger charge is -2.31. The van der Waals surface area contributed by atoms with E-state index in [0.717, 1.165) is 38.8 Å². The molecule has 1 aliphatic rings. The first kappa shape index (κ1) is 22.2. The molecule has 6 heteroatoms. The van der Waals surface area contributed by atoms with Crippen molar-refractivity contribution in [1.82, 2.24) is 9.47 Å². The van der Waals surface area contributed by atoms with Gasteiger partial charge < -0.3 is 19.7 Å². The second-order valence-electron chi connectivity index (χ2n) is 8.61. The summed E-state index contributed by atoms with van der Waals surface area (Å²) >= 11 is 1.66. The monoisotopic (exact) mass is 468 g/mol. The van der Waals surface area contributed by atoms with Crippen molar-refractivity contribution in [1.29, 1.82) is 0 Å². The molecule has 2 heterocycles. The molecule has 1 aliphatic heterocycles. The minimum absolute atomic E-state index is 0.121. The number of hydrogen-bond donors (Lipinski definition) is 1. The Hall–Kier alpha value is -3.64. The van der Waals surface area contributed by atoms with Crippen molar-refractivity contribution in [2.75, 3.05) is 30.6 Å². The summed E-state index contributed by atoms with van der Waals surface area (Å²) in [4.78, 5) is 18.9. The van der Waals surface area contributed by atoms with E-state index in [0.29, 0.717) is 6.54 Å². The number of fused-ring (bicyclic) bond motifs is 3. The van der Waals surface area contributed by atoms with Crippen molar-refractivity contribution in [3.05, 3.63) is 108 Å². The molecule has 0 spiro atoms. The first-order valence-corrected chi connectivity index (χ1v) is 12.5. The smallest absolute Gasteiger partial charge is 0.322 e. The highest BCUT2D eigenvalue weighted by molar-refractivity contribution is 7.98. The molecule has 2 amide bonds. The van der Waals surface area contributed by atoms with Crippen LogP contribution in [-0.4, -0.2) is 35.8 Å². The van der Waals surface area contributed by atoms with Gasteiger partial charge in [0.05, 0.1) is 18.3 Å². The lowest BCUT2D eigenvalue weighted by atomic mass is 10.0. The van der Waals surface area contributed by atoms with Crippen LogP contribution in [0.3, 0.4) is 0 Å². The van der Waals surface area contributed by atoms with Crippen molar-refractivity contribution in [2.45, 2.75) is 17.5 Å². The maximum Gasteiger partial charge on any atom is 0.322 e. The normalized spacial score (nSPS) is 14.7. The highest BCUT2D eigenvalue weighted by Crippen LogP contribution is 2.37. The van der Waals surface area contributed by atoms with Crippen LogP contribution in [0.1, 0.15) is 22.9 Å². The number of hydrogen-bond acceptors (Lipinski definition) is 3. The van der Waals surface area contributed by atoms with Gasteiger partial charge in [-0.1, -0.05) is 36.4 Å². The molecule has 0 bridgehead atoms. The highest BCUT2D eigenvalue weighted by atomic mass is 32.2. The Kier molecular flexibility index (Phi) is 6.07. The second-order valence-corrected chi connectivity index (χ2v) is 9.49. The number of nitrogens with one attached hydrogen (secondary N) is 1. The van der Waals surface area contributed by atoms with Crippen LogP contribution in [0.15, 0.2) is 96.0 Å². The lowest BCUT2D eigenvalue weighted by Crippen LogP contribution is -2.37. The van der Waals surface area contributed by atoms with Crippen LogP contribution in [0.25, 0.3) is 5.69 Å². The van der Waals surface area contributed by atoms with Gasteiger partial charge in [-0.05, 0) is 65.9 Å². The van der Waals surface area contributed by atoms with Crippen LogP contribution in [0.2, 0.25) is 0 Å². The Balaban J connectivity index is 1.60. The molecule has 0 unspecified atom stereocenters. The molecule has 5 nitrogen and oxygen atoms in total. The van der Waals surface area contributed by atoms with Gasteiger partial charge in [0.2, 0.25) is 0 Å². The van der Waals surface area contributed by atoms with E-state index in [-0.39, 0.29) is 12.1 Å². The fourth-order valence-electron chi connectivity index (χ4n) is 4.54. The fraction of sp³-hybridized carbons (Fsp3) is 0.179. The Morgan fingerprint density at radius 1 is 0.971 bits per heavy atom. The van der Waals surface area contributed by atoms with E-state index >= 15 is 0 Å². The van der Waals surface area contributed by atoms with E-state index < -0.39 is 0 Å². The third-order valence-corrected chi connectivity index (χ3v) is 7.00. The van der Waals surface area contributed by atoms with Crippen LogP contribution in [0.4, 0.5) is 16.2 Å². The largest absolute Gasteiger partial charge is 0.378 e. The van der Waals surface area contributed by atoms with Crippen molar-refractivity contribution in [3.63, 3.8) is 0 Å². The van der Waals surface area contributed by atoms with Gasteiger partial charge in [-0.25, -0.2) is 4.79 Å². The Morgan fingerprint density at radius 2 is 1.76 bits per heavy atom. The van der Waals surface area contributed by atoms with Crippen molar-refractivity contribution in [2.24, 2.45) is 0 Å². The number of anilines is 2. The molecule has 0 aliphatic carbocycles. The Bertz CT molecular complexity index is 1310. The number of nitrogens with zero attached hydrogens (tertiary/aromatic N) is 3. The molecule has 1 atom stereocenters. The molecule has 1 aromatic heterocycles. The van der Waals surface area contributed by atoms with Gasteiger partial charge in [-0.2, -0.15) is 0 Å². The van der Waals surface area contributed by atoms with Crippen LogP contribution in [0.5, 0.6) is 0 Å². The van der Waals surface area contributed by atoms with Crippen LogP contribution in [0, 0.1) is 0 Å². The third kappa shape index (κ3) is 4.17. The predicted octanol–water partition coefficient (Wildman–Crippen LogP) is 6.40. The Morgan fingerprint density at radius 3 is 2.53 bits per heavy atom. The summed E-state index contributed by atoms with van der Waals surface area (Å²) in [5.41, 5.74) is 6.28. The van der Waals surface area contributed by atoms with Crippen LogP contribution in [-0.2, 0) is 6.54 Å². The molecular weight excluding hydrogens is 440 g/mol. The van der Waals surface area contributed by atoms with E-state index in [4.69, 9.17) is 0 Å². The van der Waals surface area contributed by atoms with Gasteiger partial charge in [0.25, 0.3) is 0 Å². The zero-order chi connectivity index (χ0) is 23.7. The summed E-state index contributed by atoms with van der Waals surface area (Å²) in [5, 5.41) is 3.15. The molecule has 172 valence electrons. The molecule has 0 saturated heterocycles. The Labute approximate surface area is 205 Å². The number of para-hydroxylation sites is 1. The summed E-state index contributed by atoms with van der Waals surface area (Å²) in [7, 11) is 4.07. The van der Waals surface area contributed by atoms with E-state index in [1.165, 1.54) is 0 Å². The molecule has 4 aromatic rings. The lowest BCUT2D eigenvalue weighted by molar-refractivity contribution is 0.194. The number of carbonyl (C=O) groups is 1. The molecule has 0 radical (unpaired) electrons. The number of amides is 2. The summed E-state index contributed by atoms with van der Waals surface area (Å²) in [6.07, 6.45) is 4.12. The van der Waals surface area contributed by atoms with Crippen molar-refractivity contribution >= 4 is 29.2 Å². The SMILES string of the molecule is CSc1cccc(NC(=O)N2Cc3ccccc3-n3cccc3[C@@H]2c2ccc(N(C)C)cc2)c1. The predicted molar refractivity (Wildman–Crippen MR) is 141 cm³/mol. The number of thioether (sulfide) groups is 1. The highest BCUT2D eigenvalue weighted by Gasteiger charge is 2.33. The van der Waals surface area contributed by atoms with Crippen molar-refractivity contribution < 1.29 is 4.79 Å². The maximum absolute atomic E-state index is 13.8. The van der Waals surface area contributed by atoms with Gasteiger partial charge in [0, 0.05) is 42.3 Å². The average molecular weight is 469 g/mol. The minimum Gasteiger partial charge on any atom is -0.378 e. The maximum atomic E-state index is 13.8. The molecule has 0 fully saturated rings. The second kappa shape index (κ2) is 9.31. The van der Waals surface area contributed by atoms with E-state index in [1.807, 2.05) is 61.6 Å². The molecule has 5 rings (SSSR count). The van der Waals surface area contributed by atoms with E-state index in [2.05, 4.69) is 69.5 Å². The number of carbonyl (C=O) groups excluding carboxylic acids is 1. The topological polar surface area (TPSA) is 40.5 Å². The first-order valence-electron chi connectivity index (χ1n) is 11.3. The summed E-state index contributed by atoms with van der Waals surface area (Å²) < 4.78 is 2.21. The third-order valence-electron chi connectivity index (χ3n) is 6.27. The number of urea groups is 1. The average Bonchev–Trinajstić information content (AvgIpc) is 3.28. The van der Waals surface area contributed by atoms with E-state index in [9.17, 15) is 4.79 Å². The number of aromatic nitrogens is 1. The minimum atomic E-state index is -0.234. The first-order chi connectivity index (χ1) is 16.5. The standard InChI is InChI=1S/C28H28N4OS/c1-30(2)23-15-13-20(14-16-23)27-26-12-7-17-31(26)25-11-5-4-8-21(25)19-32(27)28(33)29-22-9-6-10-24(18-22)34-3/h4-18,27H,19H2,1-3H3,(H,29,33)/t27-/m0/s1. The molecule has 3 aromatic carbocycles. The summed E-state index contributed by atoms with van der Waals surface area (Å²) in [5.74, 6) is 0. The van der Waals surface area contributed by atoms with Crippen LogP contribution < -0.4 is 10.2 Å². The number of rotatable bonds is 4. The van der Waals surface area contributed by atoms with Crippen molar-refractivity contribution in [3.8, 4) is 5.69 Å². The number of benzene rings is 3. The van der Waals surface area contributed by atoms with Gasteiger partial charge in [-0.3, -0.25) is 0 Å². The summed E-state index contributed by atoms with van der Waals surface area (Å²) in [6, 6.07) is 28.6. The van der Waals surface area contributed by atoms with Gasteiger partial charge in [0.1, 0.15) is 0 Å². The molecule has 0 saturated carbocycles. The van der Waals surface area contributed by atoms with Crippen LogP contribution >= 0.6 is 11.8 Å². The van der Waals surface area contributed by atoms with E-state index in [1.54, 1.807) is 11.8 Å². The quantitative estimate of drug-likeness (QED) is 0.352. The molecule has 34 heavy (non-hydrogen) atoms. The summed E-state index contributed by atoms with van der Waals surface area (Å²) in [6.45, 7) is 0.506. The molecular formula is C28H28N4OS. The zero-order valence-corrected chi connectivity index (χ0v) is 20.4. The van der Waals surface area contributed by atoms with Gasteiger partial charge >= 0.3 is 6.03 Å². The molecule has 1 N–H and O–H groups in total. The van der Waals surface area contributed by atoms with Gasteiger partial charge in [-0.15, -0.1) is 11.8 Å². The fourth-order valence-corrected chi connectivity index (χ4v) is 5.00.